The van der Waals surface area contributed by atoms with Crippen LogP contribution in [0.4, 0.5) is 0 Å². The minimum Gasteiger partial charge on any atom is -0.491 e. The molecule has 0 amide bonds. The predicted molar refractivity (Wildman–Crippen MR) is 132 cm³/mol. The lowest BCUT2D eigenvalue weighted by Gasteiger charge is -2.27. The van der Waals surface area contributed by atoms with Crippen molar-refractivity contribution in [2.45, 2.75) is 38.4 Å². The third-order valence-corrected chi connectivity index (χ3v) is 6.09. The summed E-state index contributed by atoms with van der Waals surface area (Å²) in [6, 6.07) is 20.9. The maximum atomic E-state index is 11.1. The Morgan fingerprint density at radius 2 is 1.88 bits per heavy atom. The summed E-state index contributed by atoms with van der Waals surface area (Å²) in [6.45, 7) is 3.42. The van der Waals surface area contributed by atoms with Crippen LogP contribution in [-0.2, 0) is 12.8 Å². The zero-order valence-corrected chi connectivity index (χ0v) is 19.4. The number of ether oxygens (including phenoxy) is 2. The van der Waals surface area contributed by atoms with Crippen molar-refractivity contribution < 1.29 is 24.5 Å². The van der Waals surface area contributed by atoms with Crippen molar-refractivity contribution in [1.82, 2.24) is 5.32 Å². The van der Waals surface area contributed by atoms with E-state index in [4.69, 9.17) is 14.6 Å². The summed E-state index contributed by atoms with van der Waals surface area (Å²) in [5.41, 5.74) is 4.59. The first-order valence-electron chi connectivity index (χ1n) is 11.8. The Bertz CT molecular complexity index is 1110. The van der Waals surface area contributed by atoms with Crippen LogP contribution in [0.5, 0.6) is 11.5 Å². The Kier molecular flexibility index (Phi) is 7.83. The van der Waals surface area contributed by atoms with E-state index in [0.717, 1.165) is 53.0 Å². The van der Waals surface area contributed by atoms with Crippen LogP contribution in [-0.4, -0.2) is 48.1 Å². The molecule has 1 aliphatic rings. The number of carboxylic acid groups (broad SMARTS) is 1. The third kappa shape index (κ3) is 5.95. The maximum Gasteiger partial charge on any atom is 0.335 e. The molecule has 34 heavy (non-hydrogen) atoms. The number of hydrogen-bond donors (Lipinski definition) is 3. The Morgan fingerprint density at radius 1 is 1.12 bits per heavy atom. The van der Waals surface area contributed by atoms with Gasteiger partial charge in [-0.25, -0.2) is 4.79 Å². The highest BCUT2D eigenvalue weighted by molar-refractivity contribution is 5.88. The average molecular weight is 462 g/mol. The Labute approximate surface area is 200 Å². The van der Waals surface area contributed by atoms with E-state index in [2.05, 4.69) is 18.3 Å². The minimum atomic E-state index is -0.924. The fourth-order valence-electron chi connectivity index (χ4n) is 4.17. The van der Waals surface area contributed by atoms with Gasteiger partial charge in [0, 0.05) is 13.1 Å². The number of aryl methyl sites for hydroxylation is 2. The molecule has 3 aromatic rings. The van der Waals surface area contributed by atoms with Crippen LogP contribution >= 0.6 is 0 Å². The maximum absolute atomic E-state index is 11.1. The SMILES string of the molecule is CCc1ccccc1OC[C@@H](O)CNC[C@H]1CCc2cc(-c3ccc(C(=O)O)cc3)ccc2O1. The lowest BCUT2D eigenvalue weighted by atomic mass is 9.96. The summed E-state index contributed by atoms with van der Waals surface area (Å²) < 4.78 is 12.0. The summed E-state index contributed by atoms with van der Waals surface area (Å²) in [5, 5.41) is 22.7. The molecule has 6 nitrogen and oxygen atoms in total. The number of carboxylic acids is 1. The van der Waals surface area contributed by atoms with E-state index in [1.165, 1.54) is 0 Å². The predicted octanol–water partition coefficient (Wildman–Crippen LogP) is 4.34. The number of nitrogens with one attached hydrogen (secondary N) is 1. The van der Waals surface area contributed by atoms with Gasteiger partial charge < -0.3 is 25.0 Å². The number of aliphatic hydroxyl groups is 1. The average Bonchev–Trinajstić information content (AvgIpc) is 2.87. The first-order valence-corrected chi connectivity index (χ1v) is 11.8. The molecular formula is C28H31NO5. The van der Waals surface area contributed by atoms with E-state index in [1.54, 1.807) is 12.1 Å². The van der Waals surface area contributed by atoms with Gasteiger partial charge in [-0.15, -0.1) is 0 Å². The molecule has 0 unspecified atom stereocenters. The summed E-state index contributed by atoms with van der Waals surface area (Å²) >= 11 is 0. The molecule has 3 N–H and O–H groups in total. The molecule has 1 aliphatic heterocycles. The third-order valence-electron chi connectivity index (χ3n) is 6.09. The first kappa shape index (κ1) is 23.8. The zero-order chi connectivity index (χ0) is 23.9. The Balaban J connectivity index is 1.24. The van der Waals surface area contributed by atoms with Crippen LogP contribution in [0.15, 0.2) is 66.7 Å². The minimum absolute atomic E-state index is 0.0436. The van der Waals surface area contributed by atoms with E-state index >= 15 is 0 Å². The smallest absolute Gasteiger partial charge is 0.335 e. The number of aromatic carboxylic acids is 1. The molecule has 0 spiro atoms. The van der Waals surface area contributed by atoms with E-state index in [-0.39, 0.29) is 18.3 Å². The number of carbonyl (C=O) groups is 1. The second-order valence-electron chi connectivity index (χ2n) is 8.57. The summed E-state index contributed by atoms with van der Waals surface area (Å²) in [5.74, 6) is 0.782. The molecule has 0 aliphatic carbocycles. The summed E-state index contributed by atoms with van der Waals surface area (Å²) in [6.07, 6.45) is 2.13. The van der Waals surface area contributed by atoms with Crippen molar-refractivity contribution >= 4 is 5.97 Å². The zero-order valence-electron chi connectivity index (χ0n) is 19.4. The second-order valence-corrected chi connectivity index (χ2v) is 8.57. The van der Waals surface area contributed by atoms with Crippen LogP contribution in [0.3, 0.4) is 0 Å². The molecule has 0 saturated carbocycles. The van der Waals surface area contributed by atoms with Gasteiger partial charge in [0.2, 0.25) is 0 Å². The van der Waals surface area contributed by atoms with Gasteiger partial charge in [-0.1, -0.05) is 43.3 Å². The molecule has 1 heterocycles. The number of hydrogen-bond acceptors (Lipinski definition) is 5. The van der Waals surface area contributed by atoms with Crippen LogP contribution in [0.2, 0.25) is 0 Å². The molecule has 0 saturated heterocycles. The fraction of sp³-hybridized carbons (Fsp3) is 0.321. The van der Waals surface area contributed by atoms with E-state index in [9.17, 15) is 9.90 Å². The lowest BCUT2D eigenvalue weighted by Crippen LogP contribution is -2.39. The van der Waals surface area contributed by atoms with Gasteiger partial charge in [-0.3, -0.25) is 0 Å². The number of rotatable bonds is 10. The van der Waals surface area contributed by atoms with Crippen LogP contribution in [0, 0.1) is 0 Å². The van der Waals surface area contributed by atoms with E-state index < -0.39 is 12.1 Å². The van der Waals surface area contributed by atoms with Crippen molar-refractivity contribution in [2.75, 3.05) is 19.7 Å². The van der Waals surface area contributed by atoms with Crippen molar-refractivity contribution in [2.24, 2.45) is 0 Å². The Morgan fingerprint density at radius 3 is 2.65 bits per heavy atom. The quantitative estimate of drug-likeness (QED) is 0.416. The monoisotopic (exact) mass is 461 g/mol. The van der Waals surface area contributed by atoms with Gasteiger partial charge in [0.1, 0.15) is 30.3 Å². The highest BCUT2D eigenvalue weighted by Gasteiger charge is 2.20. The normalized spacial score (nSPS) is 15.8. The van der Waals surface area contributed by atoms with Gasteiger partial charge in [0.05, 0.1) is 5.56 Å². The molecule has 178 valence electrons. The number of benzene rings is 3. The fourth-order valence-corrected chi connectivity index (χ4v) is 4.17. The van der Waals surface area contributed by atoms with Gasteiger partial charge in [-0.2, -0.15) is 0 Å². The molecule has 0 aromatic heterocycles. The van der Waals surface area contributed by atoms with Gasteiger partial charge >= 0.3 is 5.97 Å². The highest BCUT2D eigenvalue weighted by Crippen LogP contribution is 2.32. The second kappa shape index (κ2) is 11.2. The number of fused-ring (bicyclic) bond motifs is 1. The number of para-hydroxylation sites is 1. The highest BCUT2D eigenvalue weighted by atomic mass is 16.5. The summed E-state index contributed by atoms with van der Waals surface area (Å²) in [7, 11) is 0. The molecule has 3 aromatic carbocycles. The number of aliphatic hydroxyl groups excluding tert-OH is 1. The summed E-state index contributed by atoms with van der Waals surface area (Å²) in [4.78, 5) is 11.1. The standard InChI is InChI=1S/C28H31NO5/c1-2-19-5-3-4-6-26(19)33-18-24(30)16-29-17-25-13-11-23-15-22(12-14-27(23)34-25)20-7-9-21(10-8-20)28(31)32/h3-10,12,14-15,24-25,29-30H,2,11,13,16-18H2,1H3,(H,31,32)/t24-,25+/m0/s1. The van der Waals surface area contributed by atoms with Crippen molar-refractivity contribution in [3.05, 3.63) is 83.4 Å². The first-order chi connectivity index (χ1) is 16.5. The largest absolute Gasteiger partial charge is 0.491 e. The van der Waals surface area contributed by atoms with Gasteiger partial charge in [-0.05, 0) is 71.8 Å². The molecule has 2 atom stereocenters. The molecule has 0 bridgehead atoms. The van der Waals surface area contributed by atoms with Gasteiger partial charge in [0.25, 0.3) is 0 Å². The molecule has 4 rings (SSSR count). The van der Waals surface area contributed by atoms with E-state index in [1.807, 2.05) is 48.5 Å². The molecule has 6 heteroatoms. The van der Waals surface area contributed by atoms with Crippen LogP contribution < -0.4 is 14.8 Å². The van der Waals surface area contributed by atoms with Crippen LogP contribution in [0.25, 0.3) is 11.1 Å². The topological polar surface area (TPSA) is 88.0 Å². The van der Waals surface area contributed by atoms with Crippen molar-refractivity contribution in [3.63, 3.8) is 0 Å². The molecular weight excluding hydrogens is 430 g/mol. The van der Waals surface area contributed by atoms with E-state index in [0.29, 0.717) is 13.1 Å². The van der Waals surface area contributed by atoms with Crippen LogP contribution in [0.1, 0.15) is 34.8 Å². The molecule has 0 fully saturated rings. The Hall–Kier alpha value is -3.35. The van der Waals surface area contributed by atoms with Crippen molar-refractivity contribution in [1.29, 1.82) is 0 Å². The lowest BCUT2D eigenvalue weighted by molar-refractivity contribution is 0.0697. The molecule has 0 radical (unpaired) electrons. The van der Waals surface area contributed by atoms with Crippen molar-refractivity contribution in [3.8, 4) is 22.6 Å². The van der Waals surface area contributed by atoms with Gasteiger partial charge in [0.15, 0.2) is 0 Å².